The van der Waals surface area contributed by atoms with Crippen LogP contribution in [0.25, 0.3) is 10.8 Å². The van der Waals surface area contributed by atoms with Crippen molar-refractivity contribution in [2.45, 2.75) is 35.1 Å². The second-order valence-electron chi connectivity index (χ2n) is 9.57. The van der Waals surface area contributed by atoms with Crippen molar-refractivity contribution in [2.75, 3.05) is 23.9 Å². The lowest BCUT2D eigenvalue weighted by Gasteiger charge is -2.22. The third-order valence-corrected chi connectivity index (χ3v) is 6.74. The second kappa shape index (κ2) is 12.3. The summed E-state index contributed by atoms with van der Waals surface area (Å²) in [4.78, 5) is 4.44. The molecule has 5 aromatic rings. The van der Waals surface area contributed by atoms with E-state index in [0.717, 1.165) is 0 Å². The van der Waals surface area contributed by atoms with Crippen LogP contribution in [0.15, 0.2) is 109 Å². The quantitative estimate of drug-likeness (QED) is 0.248. The number of fused-ring (bicyclic) bond motifs is 1. The molecule has 0 heterocycles. The molecule has 0 aliphatic heterocycles. The molecule has 190 valence electrons. The summed E-state index contributed by atoms with van der Waals surface area (Å²) < 4.78 is 0. The van der Waals surface area contributed by atoms with Crippen LogP contribution in [0, 0.1) is 27.7 Å². The van der Waals surface area contributed by atoms with Crippen LogP contribution < -0.4 is 9.80 Å². The highest BCUT2D eigenvalue weighted by Crippen LogP contribution is 2.32. The number of hydrogen-bond donors (Lipinski definition) is 0. The van der Waals surface area contributed by atoms with Crippen LogP contribution in [0.4, 0.5) is 22.7 Å². The highest BCUT2D eigenvalue weighted by molar-refractivity contribution is 5.97. The van der Waals surface area contributed by atoms with Crippen molar-refractivity contribution in [1.29, 1.82) is 0 Å². The SMILES string of the molecule is C.Cc1ccc(N(C)c2ccc(C)c3ccccc23)cc1.Cc1ccc(N(C)c2ccc(C)cc2)cc1. The molecule has 0 bridgehead atoms. The lowest BCUT2D eigenvalue weighted by atomic mass is 10.0. The summed E-state index contributed by atoms with van der Waals surface area (Å²) in [5.41, 5.74) is 10.1. The zero-order valence-corrected chi connectivity index (χ0v) is 22.3. The standard InChI is InChI=1S/C19H19N.C15H17N.CH4/c1-14-8-11-16(12-9-14)20(3)19-13-10-15(2)17-6-4-5-7-18(17)19;1-12-4-8-14(9-5-12)16(3)15-10-6-13(2)7-11-15;/h4-13H,1-3H3;4-11H,1-3H3;1H4. The van der Waals surface area contributed by atoms with Crippen LogP contribution >= 0.6 is 0 Å². The van der Waals surface area contributed by atoms with E-state index in [1.54, 1.807) is 0 Å². The number of nitrogens with zero attached hydrogens (tertiary/aromatic N) is 2. The van der Waals surface area contributed by atoms with Crippen LogP contribution in [0.1, 0.15) is 29.7 Å². The molecule has 0 amide bonds. The van der Waals surface area contributed by atoms with E-state index in [4.69, 9.17) is 0 Å². The molecule has 0 N–H and O–H groups in total. The second-order valence-corrected chi connectivity index (χ2v) is 9.57. The Morgan fingerprint density at radius 3 is 1.22 bits per heavy atom. The van der Waals surface area contributed by atoms with Gasteiger partial charge < -0.3 is 9.80 Å². The normalized spacial score (nSPS) is 10.2. The van der Waals surface area contributed by atoms with Gasteiger partial charge in [0, 0.05) is 42.2 Å². The van der Waals surface area contributed by atoms with Gasteiger partial charge in [-0.25, -0.2) is 0 Å². The Kier molecular flexibility index (Phi) is 9.14. The van der Waals surface area contributed by atoms with Crippen LogP contribution in [0.3, 0.4) is 0 Å². The zero-order valence-electron chi connectivity index (χ0n) is 22.3. The molecule has 0 spiro atoms. The largest absolute Gasteiger partial charge is 0.345 e. The molecule has 5 rings (SSSR count). The average molecular weight is 489 g/mol. The molecule has 2 heteroatoms. The number of anilines is 4. The number of rotatable bonds is 4. The molecule has 37 heavy (non-hydrogen) atoms. The first-order valence-corrected chi connectivity index (χ1v) is 12.5. The first-order valence-electron chi connectivity index (χ1n) is 12.5. The topological polar surface area (TPSA) is 6.48 Å². The predicted molar refractivity (Wildman–Crippen MR) is 165 cm³/mol. The fraction of sp³-hybridized carbons (Fsp3) is 0.200. The summed E-state index contributed by atoms with van der Waals surface area (Å²) >= 11 is 0. The van der Waals surface area contributed by atoms with Gasteiger partial charge in [-0.2, -0.15) is 0 Å². The first-order chi connectivity index (χ1) is 17.3. The Bertz CT molecular complexity index is 1370. The highest BCUT2D eigenvalue weighted by Gasteiger charge is 2.09. The third kappa shape index (κ3) is 6.59. The van der Waals surface area contributed by atoms with Crippen LogP contribution in [-0.2, 0) is 0 Å². The molecular formula is C35H40N2. The molecule has 0 atom stereocenters. The molecule has 0 aliphatic rings. The lowest BCUT2D eigenvalue weighted by molar-refractivity contribution is 1.20. The Morgan fingerprint density at radius 2 is 0.784 bits per heavy atom. The Balaban J connectivity index is 0.000000205. The van der Waals surface area contributed by atoms with E-state index in [1.165, 1.54) is 55.8 Å². The summed E-state index contributed by atoms with van der Waals surface area (Å²) in [5, 5.41) is 2.62. The van der Waals surface area contributed by atoms with Crippen LogP contribution in [0.5, 0.6) is 0 Å². The van der Waals surface area contributed by atoms with E-state index in [0.29, 0.717) is 0 Å². The maximum absolute atomic E-state index is 2.25. The smallest absolute Gasteiger partial charge is 0.0487 e. The van der Waals surface area contributed by atoms with Crippen molar-refractivity contribution in [1.82, 2.24) is 0 Å². The summed E-state index contributed by atoms with van der Waals surface area (Å²) in [6.45, 7) is 8.49. The average Bonchev–Trinajstić information content (AvgIpc) is 2.90. The fourth-order valence-electron chi connectivity index (χ4n) is 4.32. The molecule has 0 saturated carbocycles. The summed E-state index contributed by atoms with van der Waals surface area (Å²) in [6.07, 6.45) is 0. The van der Waals surface area contributed by atoms with Crippen molar-refractivity contribution in [3.05, 3.63) is 131 Å². The van der Waals surface area contributed by atoms with Gasteiger partial charge in [0.1, 0.15) is 0 Å². The fourth-order valence-corrected chi connectivity index (χ4v) is 4.32. The maximum Gasteiger partial charge on any atom is 0.0487 e. The minimum atomic E-state index is 0. The molecule has 0 aliphatic carbocycles. The van der Waals surface area contributed by atoms with E-state index >= 15 is 0 Å². The maximum atomic E-state index is 2.25. The number of hydrogen-bond acceptors (Lipinski definition) is 2. The zero-order chi connectivity index (χ0) is 25.7. The summed E-state index contributed by atoms with van der Waals surface area (Å²) in [6, 6.07) is 38.8. The van der Waals surface area contributed by atoms with E-state index in [-0.39, 0.29) is 7.43 Å². The van der Waals surface area contributed by atoms with Crippen molar-refractivity contribution < 1.29 is 0 Å². The third-order valence-electron chi connectivity index (χ3n) is 6.74. The van der Waals surface area contributed by atoms with Gasteiger partial charge in [0.2, 0.25) is 0 Å². The predicted octanol–water partition coefficient (Wildman–Crippen LogP) is 9.93. The molecule has 5 aromatic carbocycles. The van der Waals surface area contributed by atoms with Gasteiger partial charge in [-0.1, -0.05) is 90.8 Å². The Labute approximate surface area is 223 Å². The molecule has 0 unspecified atom stereocenters. The Morgan fingerprint density at radius 1 is 0.405 bits per heavy atom. The minimum absolute atomic E-state index is 0. The van der Waals surface area contributed by atoms with Crippen molar-refractivity contribution in [3.63, 3.8) is 0 Å². The van der Waals surface area contributed by atoms with Gasteiger partial charge in [0.15, 0.2) is 0 Å². The number of benzene rings is 5. The highest BCUT2D eigenvalue weighted by atomic mass is 15.1. The molecule has 2 nitrogen and oxygen atoms in total. The Hall–Kier alpha value is -4.04. The van der Waals surface area contributed by atoms with Crippen LogP contribution in [-0.4, -0.2) is 14.1 Å². The van der Waals surface area contributed by atoms with Crippen molar-refractivity contribution in [3.8, 4) is 0 Å². The van der Waals surface area contributed by atoms with E-state index in [9.17, 15) is 0 Å². The molecule has 0 aromatic heterocycles. The first kappa shape index (κ1) is 27.5. The molecule has 0 radical (unpaired) electrons. The molecular weight excluding hydrogens is 448 g/mol. The monoisotopic (exact) mass is 488 g/mol. The summed E-state index contributed by atoms with van der Waals surface area (Å²) in [7, 11) is 4.22. The van der Waals surface area contributed by atoms with Gasteiger partial charge in [0.25, 0.3) is 0 Å². The molecule has 0 fully saturated rings. The van der Waals surface area contributed by atoms with Gasteiger partial charge >= 0.3 is 0 Å². The van der Waals surface area contributed by atoms with Gasteiger partial charge in [-0.3, -0.25) is 0 Å². The van der Waals surface area contributed by atoms with Gasteiger partial charge in [-0.05, 0) is 81.1 Å². The van der Waals surface area contributed by atoms with Crippen molar-refractivity contribution >= 4 is 33.5 Å². The van der Waals surface area contributed by atoms with E-state index < -0.39 is 0 Å². The lowest BCUT2D eigenvalue weighted by Crippen LogP contribution is -2.09. The van der Waals surface area contributed by atoms with E-state index in [2.05, 4.69) is 161 Å². The van der Waals surface area contributed by atoms with Crippen LogP contribution in [0.2, 0.25) is 0 Å². The minimum Gasteiger partial charge on any atom is -0.345 e. The van der Waals surface area contributed by atoms with E-state index in [1.807, 2.05) is 0 Å². The molecule has 0 saturated heterocycles. The van der Waals surface area contributed by atoms with Gasteiger partial charge in [-0.15, -0.1) is 0 Å². The van der Waals surface area contributed by atoms with Crippen molar-refractivity contribution in [2.24, 2.45) is 0 Å². The number of aryl methyl sites for hydroxylation is 4. The van der Waals surface area contributed by atoms with Gasteiger partial charge in [0.05, 0.1) is 0 Å². The summed E-state index contributed by atoms with van der Waals surface area (Å²) in [5.74, 6) is 0.